The van der Waals surface area contributed by atoms with Crippen LogP contribution < -0.4 is 0 Å². The zero-order chi connectivity index (χ0) is 10.7. The van der Waals surface area contributed by atoms with Crippen LogP contribution in [0.15, 0.2) is 4.42 Å². The fourth-order valence-electron chi connectivity index (χ4n) is 1.40. The summed E-state index contributed by atoms with van der Waals surface area (Å²) in [5.74, 6) is 2.38. The van der Waals surface area contributed by atoms with Crippen LogP contribution in [0, 0.1) is 0 Å². The Labute approximate surface area is 91.6 Å². The maximum Gasteiger partial charge on any atom is 0.396 e. The standard InChI is InChI=1S/C9H12N2O3S/c1-2-13-9(12)8-11-10-7(14-8)6-3-4-15-5-6/h6H,2-5H2,1H3. The Bertz CT molecular complexity index is 347. The van der Waals surface area contributed by atoms with E-state index < -0.39 is 5.97 Å². The molecule has 0 N–H and O–H groups in total. The van der Waals surface area contributed by atoms with Gasteiger partial charge >= 0.3 is 11.9 Å². The van der Waals surface area contributed by atoms with Gasteiger partial charge in [0.25, 0.3) is 0 Å². The lowest BCUT2D eigenvalue weighted by Crippen LogP contribution is -2.04. The lowest BCUT2D eigenvalue weighted by atomic mass is 10.1. The van der Waals surface area contributed by atoms with Gasteiger partial charge in [0.2, 0.25) is 5.89 Å². The SMILES string of the molecule is CCOC(=O)c1nnc(C2CCSC2)o1. The van der Waals surface area contributed by atoms with E-state index in [-0.39, 0.29) is 5.89 Å². The van der Waals surface area contributed by atoms with Crippen LogP contribution in [0.5, 0.6) is 0 Å². The lowest BCUT2D eigenvalue weighted by molar-refractivity contribution is 0.0478. The first-order valence-electron chi connectivity index (χ1n) is 4.89. The van der Waals surface area contributed by atoms with Crippen molar-refractivity contribution in [2.45, 2.75) is 19.3 Å². The Kier molecular flexibility index (Phi) is 3.25. The molecule has 0 aliphatic carbocycles. The first kappa shape index (κ1) is 10.5. The van der Waals surface area contributed by atoms with Crippen LogP contribution in [-0.2, 0) is 4.74 Å². The minimum atomic E-state index is -0.540. The largest absolute Gasteiger partial charge is 0.459 e. The Morgan fingerprint density at radius 1 is 1.67 bits per heavy atom. The average Bonchev–Trinajstić information content (AvgIpc) is 2.89. The molecule has 2 rings (SSSR count). The molecule has 0 spiro atoms. The number of hydrogen-bond donors (Lipinski definition) is 0. The van der Waals surface area contributed by atoms with Gasteiger partial charge in [0, 0.05) is 11.7 Å². The number of hydrogen-bond acceptors (Lipinski definition) is 6. The van der Waals surface area contributed by atoms with Gasteiger partial charge in [0.15, 0.2) is 0 Å². The van der Waals surface area contributed by atoms with Gasteiger partial charge in [-0.1, -0.05) is 0 Å². The summed E-state index contributed by atoms with van der Waals surface area (Å²) in [6.07, 6.45) is 1.04. The topological polar surface area (TPSA) is 65.2 Å². The highest BCUT2D eigenvalue weighted by atomic mass is 32.2. The van der Waals surface area contributed by atoms with Gasteiger partial charge in [-0.25, -0.2) is 4.79 Å². The van der Waals surface area contributed by atoms with Gasteiger partial charge < -0.3 is 9.15 Å². The summed E-state index contributed by atoms with van der Waals surface area (Å²) < 4.78 is 10.0. The highest BCUT2D eigenvalue weighted by Gasteiger charge is 2.25. The minimum absolute atomic E-state index is 0.0382. The Hall–Kier alpha value is -1.04. The second kappa shape index (κ2) is 4.65. The molecule has 1 aliphatic heterocycles. The van der Waals surface area contributed by atoms with Crippen molar-refractivity contribution in [1.82, 2.24) is 10.2 Å². The van der Waals surface area contributed by atoms with Gasteiger partial charge in [-0.2, -0.15) is 11.8 Å². The fraction of sp³-hybridized carbons (Fsp3) is 0.667. The smallest absolute Gasteiger partial charge is 0.396 e. The Morgan fingerprint density at radius 3 is 3.20 bits per heavy atom. The van der Waals surface area contributed by atoms with E-state index in [0.29, 0.717) is 18.4 Å². The zero-order valence-corrected chi connectivity index (χ0v) is 9.25. The van der Waals surface area contributed by atoms with E-state index in [0.717, 1.165) is 17.9 Å². The van der Waals surface area contributed by atoms with Crippen molar-refractivity contribution in [3.8, 4) is 0 Å². The number of aromatic nitrogens is 2. The van der Waals surface area contributed by atoms with Crippen LogP contribution in [0.25, 0.3) is 0 Å². The van der Waals surface area contributed by atoms with Gasteiger partial charge in [0.05, 0.1) is 6.61 Å². The second-order valence-corrected chi connectivity index (χ2v) is 4.38. The van der Waals surface area contributed by atoms with Crippen LogP contribution in [-0.4, -0.2) is 34.3 Å². The average molecular weight is 228 g/mol. The number of nitrogens with zero attached hydrogens (tertiary/aromatic N) is 2. The summed E-state index contributed by atoms with van der Waals surface area (Å²) in [7, 11) is 0. The molecule has 0 bridgehead atoms. The predicted molar refractivity (Wildman–Crippen MR) is 54.9 cm³/mol. The van der Waals surface area contributed by atoms with E-state index in [2.05, 4.69) is 10.2 Å². The number of carbonyl (C=O) groups excluding carboxylic acids is 1. The second-order valence-electron chi connectivity index (χ2n) is 3.23. The highest BCUT2D eigenvalue weighted by Crippen LogP contribution is 2.31. The molecule has 0 aromatic carbocycles. The molecule has 6 heteroatoms. The molecule has 2 heterocycles. The van der Waals surface area contributed by atoms with Crippen LogP contribution >= 0.6 is 11.8 Å². The van der Waals surface area contributed by atoms with E-state index in [1.54, 1.807) is 6.92 Å². The van der Waals surface area contributed by atoms with Crippen LogP contribution in [0.3, 0.4) is 0 Å². The van der Waals surface area contributed by atoms with Gasteiger partial charge in [-0.3, -0.25) is 0 Å². The molecule has 1 aromatic heterocycles. The van der Waals surface area contributed by atoms with Gasteiger partial charge in [-0.05, 0) is 19.1 Å². The summed E-state index contributed by atoms with van der Waals surface area (Å²) in [5.41, 5.74) is 0. The molecular weight excluding hydrogens is 216 g/mol. The monoisotopic (exact) mass is 228 g/mol. The third-order valence-corrected chi connectivity index (χ3v) is 3.33. The van der Waals surface area contributed by atoms with Crippen molar-refractivity contribution >= 4 is 17.7 Å². The minimum Gasteiger partial charge on any atom is -0.459 e. The molecule has 1 atom stereocenters. The van der Waals surface area contributed by atoms with E-state index in [1.165, 1.54) is 0 Å². The molecule has 1 fully saturated rings. The van der Waals surface area contributed by atoms with Crippen molar-refractivity contribution in [1.29, 1.82) is 0 Å². The van der Waals surface area contributed by atoms with Crippen LogP contribution in [0.4, 0.5) is 0 Å². The predicted octanol–water partition coefficient (Wildman–Crippen LogP) is 1.47. The summed E-state index contributed by atoms with van der Waals surface area (Å²) in [4.78, 5) is 11.2. The van der Waals surface area contributed by atoms with Crippen molar-refractivity contribution in [3.63, 3.8) is 0 Å². The normalized spacial score (nSPS) is 20.5. The summed E-state index contributed by atoms with van der Waals surface area (Å²) in [5, 5.41) is 7.55. The van der Waals surface area contributed by atoms with Crippen LogP contribution in [0.2, 0.25) is 0 Å². The summed E-state index contributed by atoms with van der Waals surface area (Å²) in [6.45, 7) is 2.05. The van der Waals surface area contributed by atoms with Crippen molar-refractivity contribution in [2.75, 3.05) is 18.1 Å². The number of rotatable bonds is 3. The third-order valence-electron chi connectivity index (χ3n) is 2.17. The molecule has 82 valence electrons. The summed E-state index contributed by atoms with van der Waals surface area (Å²) >= 11 is 1.86. The zero-order valence-electron chi connectivity index (χ0n) is 8.43. The quantitative estimate of drug-likeness (QED) is 0.730. The first-order valence-corrected chi connectivity index (χ1v) is 6.05. The molecule has 5 nitrogen and oxygen atoms in total. The highest BCUT2D eigenvalue weighted by molar-refractivity contribution is 7.99. The van der Waals surface area contributed by atoms with Crippen LogP contribution in [0.1, 0.15) is 35.8 Å². The number of carbonyl (C=O) groups is 1. The maximum absolute atomic E-state index is 11.2. The number of ether oxygens (including phenoxy) is 1. The van der Waals surface area contributed by atoms with E-state index in [9.17, 15) is 4.79 Å². The molecule has 1 unspecified atom stereocenters. The molecule has 15 heavy (non-hydrogen) atoms. The third kappa shape index (κ3) is 2.31. The van der Waals surface area contributed by atoms with Crippen molar-refractivity contribution in [2.24, 2.45) is 0 Å². The Balaban J connectivity index is 2.06. The molecule has 1 aromatic rings. The van der Waals surface area contributed by atoms with E-state index in [4.69, 9.17) is 9.15 Å². The molecule has 0 saturated carbocycles. The number of thioether (sulfide) groups is 1. The lowest BCUT2D eigenvalue weighted by Gasteiger charge is -1.99. The van der Waals surface area contributed by atoms with E-state index >= 15 is 0 Å². The molecule has 0 radical (unpaired) electrons. The van der Waals surface area contributed by atoms with Crippen molar-refractivity contribution < 1.29 is 13.9 Å². The van der Waals surface area contributed by atoms with Gasteiger partial charge in [-0.15, -0.1) is 10.2 Å². The fourth-order valence-corrected chi connectivity index (χ4v) is 2.62. The molecule has 1 aliphatic rings. The van der Waals surface area contributed by atoms with Gasteiger partial charge in [0.1, 0.15) is 0 Å². The summed E-state index contributed by atoms with van der Waals surface area (Å²) in [6, 6.07) is 0. The maximum atomic E-state index is 11.2. The number of esters is 1. The molecule has 1 saturated heterocycles. The first-order chi connectivity index (χ1) is 7.31. The van der Waals surface area contributed by atoms with Crippen molar-refractivity contribution in [3.05, 3.63) is 11.8 Å². The molecule has 0 amide bonds. The van der Waals surface area contributed by atoms with E-state index in [1.807, 2.05) is 11.8 Å². The molecular formula is C9H12N2O3S. The Morgan fingerprint density at radius 2 is 2.53 bits per heavy atom.